The summed E-state index contributed by atoms with van der Waals surface area (Å²) in [6.45, 7) is 0. The zero-order chi connectivity index (χ0) is 31.7. The molecule has 46 heavy (non-hydrogen) atoms. The summed E-state index contributed by atoms with van der Waals surface area (Å²) < 4.78 is 19.2. The Labute approximate surface area is 269 Å². The van der Waals surface area contributed by atoms with E-state index in [1.54, 1.807) is 48.5 Å². The van der Waals surface area contributed by atoms with Crippen molar-refractivity contribution in [2.24, 2.45) is 35.5 Å². The molecule has 9 rings (SSSR count). The number of nitrogens with zero attached hydrogens (tertiary/aromatic N) is 2. The van der Waals surface area contributed by atoms with Gasteiger partial charge in [0.25, 0.3) is 0 Å². The van der Waals surface area contributed by atoms with E-state index in [1.807, 2.05) is 6.07 Å². The van der Waals surface area contributed by atoms with Crippen molar-refractivity contribution in [1.29, 1.82) is 0 Å². The van der Waals surface area contributed by atoms with Gasteiger partial charge in [0.05, 0.1) is 34.3 Å². The van der Waals surface area contributed by atoms with Crippen molar-refractivity contribution in [3.63, 3.8) is 0 Å². The molecule has 0 radical (unpaired) electrons. The number of Topliss-reactive ketones (excluding diaryl/α,β-unsaturated/α-hetero) is 1. The Morgan fingerprint density at radius 3 is 2.22 bits per heavy atom. The number of benzene rings is 3. The van der Waals surface area contributed by atoms with E-state index in [0.29, 0.717) is 39.7 Å². The Morgan fingerprint density at radius 2 is 1.57 bits per heavy atom. The SMILES string of the molecule is O=C(OC(CCCl)C(=O)c1ccc(F)cc1)c1cc(-c2ccc(N3C(=O)C4C5C=CC(C6CC56)C4C3=O)cc2)nc2ccccc12. The Kier molecular flexibility index (Phi) is 6.87. The molecule has 2 heterocycles. The Balaban J connectivity index is 1.08. The van der Waals surface area contributed by atoms with E-state index in [1.165, 1.54) is 29.2 Å². The first-order valence-corrected chi connectivity index (χ1v) is 16.0. The van der Waals surface area contributed by atoms with Gasteiger partial charge in [0, 0.05) is 28.8 Å². The Morgan fingerprint density at radius 1 is 0.913 bits per heavy atom. The molecule has 7 nitrogen and oxygen atoms in total. The molecule has 230 valence electrons. The number of ether oxygens (including phenoxy) is 1. The van der Waals surface area contributed by atoms with E-state index < -0.39 is 23.7 Å². The van der Waals surface area contributed by atoms with Crippen LogP contribution >= 0.6 is 11.6 Å². The van der Waals surface area contributed by atoms with E-state index in [-0.39, 0.29) is 58.9 Å². The van der Waals surface area contributed by atoms with Crippen molar-refractivity contribution in [1.82, 2.24) is 4.98 Å². The normalized spacial score (nSPS) is 26.2. The zero-order valence-corrected chi connectivity index (χ0v) is 25.3. The predicted octanol–water partition coefficient (Wildman–Crippen LogP) is 6.64. The average Bonchev–Trinajstić information content (AvgIpc) is 3.86. The number of alkyl halides is 1. The van der Waals surface area contributed by atoms with Crippen LogP contribution in [0, 0.1) is 41.3 Å². The molecule has 4 aliphatic carbocycles. The van der Waals surface area contributed by atoms with Crippen LogP contribution in [0.2, 0.25) is 0 Å². The van der Waals surface area contributed by atoms with E-state index in [9.17, 15) is 23.6 Å². The van der Waals surface area contributed by atoms with E-state index in [4.69, 9.17) is 21.3 Å². The van der Waals surface area contributed by atoms with Gasteiger partial charge in [-0.05, 0) is 78.6 Å². The number of carbonyl (C=O) groups excluding carboxylic acids is 4. The lowest BCUT2D eigenvalue weighted by Crippen LogP contribution is -2.40. The number of esters is 1. The molecule has 3 fully saturated rings. The number of carbonyl (C=O) groups is 4. The minimum absolute atomic E-state index is 0.0715. The number of rotatable bonds is 8. The Bertz CT molecular complexity index is 1920. The molecule has 5 aliphatic rings. The summed E-state index contributed by atoms with van der Waals surface area (Å²) in [5, 5.41) is 0.545. The lowest BCUT2D eigenvalue weighted by molar-refractivity contribution is -0.124. The third-order valence-electron chi connectivity index (χ3n) is 10.1. The second kappa shape index (κ2) is 11.0. The van der Waals surface area contributed by atoms with Gasteiger partial charge in [-0.1, -0.05) is 42.5 Å². The van der Waals surface area contributed by atoms with E-state index in [2.05, 4.69) is 12.2 Å². The highest BCUT2D eigenvalue weighted by molar-refractivity contribution is 6.22. The highest BCUT2D eigenvalue weighted by atomic mass is 35.5. The van der Waals surface area contributed by atoms with E-state index in [0.717, 1.165) is 6.42 Å². The minimum atomic E-state index is -1.17. The molecule has 2 amide bonds. The summed E-state index contributed by atoms with van der Waals surface area (Å²) in [5.74, 6) is -1.06. The summed E-state index contributed by atoms with van der Waals surface area (Å²) >= 11 is 5.96. The number of fused-ring (bicyclic) bond motifs is 1. The molecule has 7 unspecified atom stereocenters. The number of pyridine rings is 1. The number of ketones is 1. The number of para-hydroxylation sites is 1. The maximum atomic E-state index is 13.6. The van der Waals surface area contributed by atoms with Crippen LogP contribution in [0.25, 0.3) is 22.2 Å². The lowest BCUT2D eigenvalue weighted by Gasteiger charge is -2.37. The number of hydrogen-bond donors (Lipinski definition) is 0. The standard InChI is InChI=1S/C37H28ClFN2O5/c38-16-15-31(34(42)20-5-9-21(39)10-6-20)46-37(45)28-18-30(40-29-4-2-1-3-23(28)29)19-7-11-22(12-8-19)41-35(43)32-24-13-14-25(27-17-26(24)27)33(32)36(41)44/h1-14,18,24-27,31-33H,15-17H2. The van der Waals surface area contributed by atoms with Crippen LogP contribution in [0.5, 0.6) is 0 Å². The number of amides is 2. The van der Waals surface area contributed by atoms with Gasteiger partial charge < -0.3 is 4.74 Å². The third kappa shape index (κ3) is 4.57. The highest BCUT2D eigenvalue weighted by Gasteiger charge is 2.67. The number of anilines is 1. The third-order valence-corrected chi connectivity index (χ3v) is 10.3. The topological polar surface area (TPSA) is 93.6 Å². The summed E-state index contributed by atoms with van der Waals surface area (Å²) in [4.78, 5) is 60.1. The maximum absolute atomic E-state index is 13.6. The van der Waals surface area contributed by atoms with E-state index >= 15 is 0 Å². The van der Waals surface area contributed by atoms with Crippen LogP contribution in [-0.4, -0.2) is 40.5 Å². The first-order chi connectivity index (χ1) is 22.3. The monoisotopic (exact) mass is 634 g/mol. The fourth-order valence-corrected chi connectivity index (χ4v) is 8.02. The number of aromatic nitrogens is 1. The molecule has 1 saturated heterocycles. The lowest BCUT2D eigenvalue weighted by atomic mass is 9.63. The molecule has 7 atom stereocenters. The average molecular weight is 635 g/mol. The van der Waals surface area contributed by atoms with Crippen molar-refractivity contribution >= 4 is 51.8 Å². The number of allylic oxidation sites excluding steroid dienone is 2. The molecule has 0 N–H and O–H groups in total. The number of hydrogen-bond acceptors (Lipinski definition) is 6. The molecule has 0 spiro atoms. The van der Waals surface area contributed by atoms with Crippen LogP contribution in [-0.2, 0) is 14.3 Å². The first-order valence-electron chi connectivity index (χ1n) is 15.5. The fraction of sp³-hybridized carbons (Fsp3) is 0.270. The smallest absolute Gasteiger partial charge is 0.339 e. The molecule has 4 aromatic rings. The molecule has 3 aromatic carbocycles. The molecular formula is C37H28ClFN2O5. The summed E-state index contributed by atoms with van der Waals surface area (Å²) in [7, 11) is 0. The van der Waals surface area contributed by atoms with Gasteiger partial charge in [-0.3, -0.25) is 19.3 Å². The Hall–Kier alpha value is -4.69. The highest BCUT2D eigenvalue weighted by Crippen LogP contribution is 2.65. The van der Waals surface area contributed by atoms with Gasteiger partial charge >= 0.3 is 5.97 Å². The van der Waals surface area contributed by atoms with Gasteiger partial charge in [0.1, 0.15) is 5.82 Å². The second-order valence-electron chi connectivity index (χ2n) is 12.5. The van der Waals surface area contributed by atoms with Crippen molar-refractivity contribution < 1.29 is 28.3 Å². The van der Waals surface area contributed by atoms with Crippen LogP contribution in [0.4, 0.5) is 10.1 Å². The molecule has 1 aliphatic heterocycles. The largest absolute Gasteiger partial charge is 0.450 e. The van der Waals surface area contributed by atoms with Crippen molar-refractivity contribution in [2.45, 2.75) is 18.9 Å². The summed E-state index contributed by atoms with van der Waals surface area (Å²) in [6.07, 6.45) is 4.33. The van der Waals surface area contributed by atoms with Crippen LogP contribution in [0.1, 0.15) is 33.6 Å². The summed E-state index contributed by atoms with van der Waals surface area (Å²) in [5.41, 5.74) is 2.63. The van der Waals surface area contributed by atoms with Gasteiger partial charge in [0.15, 0.2) is 6.10 Å². The van der Waals surface area contributed by atoms with Crippen LogP contribution in [0.15, 0.2) is 91.0 Å². The van der Waals surface area contributed by atoms with Gasteiger partial charge in [-0.2, -0.15) is 0 Å². The van der Waals surface area contributed by atoms with Crippen LogP contribution in [0.3, 0.4) is 0 Å². The number of imide groups is 1. The molecule has 9 heteroatoms. The first kappa shape index (κ1) is 28.8. The maximum Gasteiger partial charge on any atom is 0.339 e. The molecular weight excluding hydrogens is 607 g/mol. The molecule has 2 saturated carbocycles. The van der Waals surface area contributed by atoms with Gasteiger partial charge in [-0.25, -0.2) is 14.2 Å². The zero-order valence-electron chi connectivity index (χ0n) is 24.5. The summed E-state index contributed by atoms with van der Waals surface area (Å²) in [6, 6.07) is 20.8. The second-order valence-corrected chi connectivity index (χ2v) is 12.9. The van der Waals surface area contributed by atoms with Gasteiger partial charge in [0.2, 0.25) is 17.6 Å². The predicted molar refractivity (Wildman–Crippen MR) is 170 cm³/mol. The van der Waals surface area contributed by atoms with Crippen molar-refractivity contribution in [3.05, 3.63) is 108 Å². The fourth-order valence-electron chi connectivity index (χ4n) is 7.82. The van der Waals surface area contributed by atoms with Gasteiger partial charge in [-0.15, -0.1) is 11.6 Å². The van der Waals surface area contributed by atoms with Crippen molar-refractivity contribution in [3.8, 4) is 11.3 Å². The quantitative estimate of drug-likeness (QED) is 0.0710. The molecule has 2 bridgehead atoms. The number of halogens is 2. The van der Waals surface area contributed by atoms with Crippen molar-refractivity contribution in [2.75, 3.05) is 10.8 Å². The minimum Gasteiger partial charge on any atom is -0.450 e. The molecule has 1 aromatic heterocycles. The van der Waals surface area contributed by atoms with Crippen LogP contribution < -0.4 is 4.90 Å².